The molecular weight excluding hydrogens is 296 g/mol. The van der Waals surface area contributed by atoms with E-state index >= 15 is 0 Å². The molecule has 21 heavy (non-hydrogen) atoms. The first-order valence-electron chi connectivity index (χ1n) is 6.69. The number of nitrogens with zero attached hydrogens (tertiary/aromatic N) is 1. The quantitative estimate of drug-likeness (QED) is 0.679. The first-order valence-corrected chi connectivity index (χ1v) is 8.13. The summed E-state index contributed by atoms with van der Waals surface area (Å²) < 4.78 is 42.2. The third-order valence-corrected chi connectivity index (χ3v) is 4.99. The number of sulfonamides is 1. The average molecular weight is 320 g/mol. The Morgan fingerprint density at radius 1 is 1.24 bits per heavy atom. The predicted molar refractivity (Wildman–Crippen MR) is 78.7 cm³/mol. The summed E-state index contributed by atoms with van der Waals surface area (Å²) in [6.45, 7) is 3.32. The van der Waals surface area contributed by atoms with Crippen molar-refractivity contribution >= 4 is 10.0 Å². The average Bonchev–Trinajstić information content (AvgIpc) is 2.80. The van der Waals surface area contributed by atoms with Crippen LogP contribution in [0.2, 0.25) is 0 Å². The highest BCUT2D eigenvalue weighted by Crippen LogP contribution is 2.23. The van der Waals surface area contributed by atoms with E-state index in [1.165, 1.54) is 18.5 Å². The van der Waals surface area contributed by atoms with Crippen molar-refractivity contribution in [2.75, 3.05) is 47.6 Å². The molecule has 1 N–H and O–H groups in total. The van der Waals surface area contributed by atoms with Gasteiger partial charge >= 0.3 is 0 Å². The highest BCUT2D eigenvalue weighted by atomic mass is 32.2. The van der Waals surface area contributed by atoms with Crippen LogP contribution in [0.25, 0.3) is 0 Å². The molecule has 0 radical (unpaired) electrons. The summed E-state index contributed by atoms with van der Waals surface area (Å²) in [4.78, 5) is 0.194. The number of hydrogen-bond donors (Lipinski definition) is 1. The summed E-state index contributed by atoms with van der Waals surface area (Å²) in [6.07, 6.45) is 0. The van der Waals surface area contributed by atoms with E-state index < -0.39 is 10.0 Å². The Kier molecular flexibility index (Phi) is 7.33. The van der Waals surface area contributed by atoms with Crippen LogP contribution in [-0.2, 0) is 26.0 Å². The van der Waals surface area contributed by atoms with Gasteiger partial charge in [-0.2, -0.15) is 4.31 Å². The molecule has 0 spiro atoms. The standard InChI is InChI=1S/C13H24N2O5S/c1-11-13(9-12(20-11)10-14-2)21(16,17)15(5-7-18-3)6-8-19-4/h9,14H,5-8,10H2,1-4H3. The zero-order chi connectivity index (χ0) is 15.9. The summed E-state index contributed by atoms with van der Waals surface area (Å²) in [5, 5.41) is 2.93. The van der Waals surface area contributed by atoms with Gasteiger partial charge in [-0.15, -0.1) is 0 Å². The van der Waals surface area contributed by atoms with E-state index in [2.05, 4.69) is 5.32 Å². The van der Waals surface area contributed by atoms with Crippen molar-refractivity contribution in [3.8, 4) is 0 Å². The lowest BCUT2D eigenvalue weighted by Crippen LogP contribution is -2.36. The molecule has 1 aromatic heterocycles. The van der Waals surface area contributed by atoms with Crippen LogP contribution in [0.5, 0.6) is 0 Å². The molecule has 0 bridgehead atoms. The largest absolute Gasteiger partial charge is 0.464 e. The first kappa shape index (κ1) is 18.1. The van der Waals surface area contributed by atoms with E-state index in [0.717, 1.165) is 0 Å². The lowest BCUT2D eigenvalue weighted by Gasteiger charge is -2.21. The normalized spacial score (nSPS) is 12.2. The van der Waals surface area contributed by atoms with E-state index in [4.69, 9.17) is 13.9 Å². The molecule has 1 rings (SSSR count). The van der Waals surface area contributed by atoms with Crippen LogP contribution in [0.1, 0.15) is 11.5 Å². The van der Waals surface area contributed by atoms with Crippen molar-refractivity contribution in [1.82, 2.24) is 9.62 Å². The fourth-order valence-corrected chi connectivity index (χ4v) is 3.51. The zero-order valence-corrected chi connectivity index (χ0v) is 13.8. The molecule has 0 aliphatic carbocycles. The monoisotopic (exact) mass is 320 g/mol. The van der Waals surface area contributed by atoms with Gasteiger partial charge in [-0.3, -0.25) is 0 Å². The zero-order valence-electron chi connectivity index (χ0n) is 13.0. The Morgan fingerprint density at radius 2 is 1.81 bits per heavy atom. The van der Waals surface area contributed by atoms with Crippen molar-refractivity contribution in [1.29, 1.82) is 0 Å². The number of hydrogen-bond acceptors (Lipinski definition) is 6. The van der Waals surface area contributed by atoms with Gasteiger partial charge in [-0.05, 0) is 14.0 Å². The van der Waals surface area contributed by atoms with Crippen molar-refractivity contribution in [2.24, 2.45) is 0 Å². The molecule has 0 atom stereocenters. The van der Waals surface area contributed by atoms with Crippen LogP contribution >= 0.6 is 0 Å². The van der Waals surface area contributed by atoms with Crippen molar-refractivity contribution < 1.29 is 22.3 Å². The van der Waals surface area contributed by atoms with Gasteiger partial charge in [0, 0.05) is 33.4 Å². The molecule has 0 saturated carbocycles. The van der Waals surface area contributed by atoms with Crippen molar-refractivity contribution in [3.63, 3.8) is 0 Å². The Morgan fingerprint density at radius 3 is 2.29 bits per heavy atom. The molecule has 1 aromatic rings. The summed E-state index contributed by atoms with van der Waals surface area (Å²) in [7, 11) is 1.23. The van der Waals surface area contributed by atoms with Gasteiger partial charge in [0.2, 0.25) is 10.0 Å². The number of furan rings is 1. The minimum absolute atomic E-state index is 0.194. The van der Waals surface area contributed by atoms with E-state index in [1.807, 2.05) is 0 Å². The van der Waals surface area contributed by atoms with Gasteiger partial charge in [0.05, 0.1) is 19.8 Å². The second-order valence-electron chi connectivity index (χ2n) is 4.55. The maximum atomic E-state index is 12.7. The minimum atomic E-state index is -3.62. The van der Waals surface area contributed by atoms with Gasteiger partial charge < -0.3 is 19.2 Å². The third kappa shape index (κ3) is 4.79. The first-order chi connectivity index (χ1) is 9.97. The van der Waals surface area contributed by atoms with E-state index in [0.29, 0.717) is 31.3 Å². The van der Waals surface area contributed by atoms with Crippen LogP contribution < -0.4 is 5.32 Å². The second-order valence-corrected chi connectivity index (χ2v) is 6.46. The molecule has 122 valence electrons. The highest BCUT2D eigenvalue weighted by molar-refractivity contribution is 7.89. The van der Waals surface area contributed by atoms with E-state index in [-0.39, 0.29) is 18.0 Å². The Labute approximate surface area is 126 Å². The number of methoxy groups -OCH3 is 2. The molecule has 0 aromatic carbocycles. The Balaban J connectivity index is 3.03. The lowest BCUT2D eigenvalue weighted by atomic mass is 10.4. The van der Waals surface area contributed by atoms with Gasteiger partial charge in [-0.25, -0.2) is 8.42 Å². The van der Waals surface area contributed by atoms with E-state index in [9.17, 15) is 8.42 Å². The number of nitrogens with one attached hydrogen (secondary N) is 1. The summed E-state index contributed by atoms with van der Waals surface area (Å²) in [5.41, 5.74) is 0. The molecule has 1 heterocycles. The molecule has 7 nitrogen and oxygen atoms in total. The molecule has 0 amide bonds. The van der Waals surface area contributed by atoms with Crippen LogP contribution in [0, 0.1) is 6.92 Å². The molecule has 8 heteroatoms. The van der Waals surface area contributed by atoms with Crippen LogP contribution in [-0.4, -0.2) is 60.3 Å². The van der Waals surface area contributed by atoms with Crippen LogP contribution in [0.15, 0.2) is 15.4 Å². The predicted octanol–water partition coefficient (Wildman–Crippen LogP) is 0.591. The molecule has 0 unspecified atom stereocenters. The fraction of sp³-hybridized carbons (Fsp3) is 0.692. The highest BCUT2D eigenvalue weighted by Gasteiger charge is 2.28. The maximum absolute atomic E-state index is 12.7. The summed E-state index contributed by atoms with van der Waals surface area (Å²) in [5.74, 6) is 0.979. The Bertz CT molecular complexity index is 519. The summed E-state index contributed by atoms with van der Waals surface area (Å²) >= 11 is 0. The minimum Gasteiger partial charge on any atom is -0.464 e. The van der Waals surface area contributed by atoms with Crippen LogP contribution in [0.3, 0.4) is 0 Å². The fourth-order valence-electron chi connectivity index (χ4n) is 1.92. The molecular formula is C13H24N2O5S. The topological polar surface area (TPSA) is 81.0 Å². The number of rotatable bonds is 10. The molecule has 0 aliphatic heterocycles. The number of aryl methyl sites for hydroxylation is 1. The van der Waals surface area contributed by atoms with Gasteiger partial charge in [0.25, 0.3) is 0 Å². The smallest absolute Gasteiger partial charge is 0.246 e. The number of ether oxygens (including phenoxy) is 2. The molecule has 0 fully saturated rings. The summed E-state index contributed by atoms with van der Waals surface area (Å²) in [6, 6.07) is 1.56. The maximum Gasteiger partial charge on any atom is 0.246 e. The van der Waals surface area contributed by atoms with Crippen molar-refractivity contribution in [2.45, 2.75) is 18.4 Å². The van der Waals surface area contributed by atoms with E-state index in [1.54, 1.807) is 20.0 Å². The second kappa shape index (κ2) is 8.50. The van der Waals surface area contributed by atoms with Gasteiger partial charge in [0.15, 0.2) is 0 Å². The SMILES string of the molecule is CNCc1cc(S(=O)(=O)N(CCOC)CCOC)c(C)o1. The van der Waals surface area contributed by atoms with Crippen LogP contribution in [0.4, 0.5) is 0 Å². The van der Waals surface area contributed by atoms with Gasteiger partial charge in [-0.1, -0.05) is 0 Å². The third-order valence-electron chi connectivity index (χ3n) is 2.98. The molecule has 0 saturated heterocycles. The molecule has 0 aliphatic rings. The van der Waals surface area contributed by atoms with Gasteiger partial charge in [0.1, 0.15) is 16.4 Å². The Hall–Kier alpha value is -0.930. The van der Waals surface area contributed by atoms with Crippen molar-refractivity contribution in [3.05, 3.63) is 17.6 Å². The lowest BCUT2D eigenvalue weighted by molar-refractivity contribution is 0.150.